The fourth-order valence-electron chi connectivity index (χ4n) is 0.343. The van der Waals surface area contributed by atoms with Gasteiger partial charge >= 0.3 is 0 Å². The van der Waals surface area contributed by atoms with Crippen molar-refractivity contribution in [2.24, 2.45) is 0 Å². The molecule has 0 atom stereocenters. The van der Waals surface area contributed by atoms with Gasteiger partial charge in [-0.2, -0.15) is 0 Å². The summed E-state index contributed by atoms with van der Waals surface area (Å²) in [5.41, 5.74) is 0. The highest BCUT2D eigenvalue weighted by molar-refractivity contribution is 6.74. The molecular weight excluding hydrogens is 168 g/mol. The third-order valence-corrected chi connectivity index (χ3v) is 6.48. The van der Waals surface area contributed by atoms with E-state index in [0.29, 0.717) is 0 Å². The van der Waals surface area contributed by atoms with Crippen LogP contribution >= 0.6 is 0 Å². The van der Waals surface area contributed by atoms with Crippen molar-refractivity contribution >= 4 is 8.32 Å². The van der Waals surface area contributed by atoms with Crippen molar-refractivity contribution in [3.63, 3.8) is 0 Å². The standard InChI is InChI=1S/C9H18O2Si/c1-9(2,3)12(5,6)11-8-7-10-4/h1-6H3. The lowest BCUT2D eigenvalue weighted by Gasteiger charge is -2.33. The van der Waals surface area contributed by atoms with Gasteiger partial charge in [-0.3, -0.25) is 0 Å². The molecule has 0 N–H and O–H groups in total. The second-order valence-corrected chi connectivity index (χ2v) is 9.00. The van der Waals surface area contributed by atoms with E-state index in [0.717, 1.165) is 0 Å². The normalized spacial score (nSPS) is 11.5. The average molecular weight is 186 g/mol. The maximum Gasteiger partial charge on any atom is 0.264 e. The van der Waals surface area contributed by atoms with E-state index in [9.17, 15) is 0 Å². The van der Waals surface area contributed by atoms with Crippen LogP contribution in [0.3, 0.4) is 0 Å². The summed E-state index contributed by atoms with van der Waals surface area (Å²) in [7, 11) is -0.166. The average Bonchev–Trinajstić information content (AvgIpc) is 1.85. The Bertz CT molecular complexity index is 193. The molecule has 0 radical (unpaired) electrons. The summed E-state index contributed by atoms with van der Waals surface area (Å²) in [4.78, 5) is 0. The van der Waals surface area contributed by atoms with E-state index in [1.54, 1.807) is 0 Å². The molecule has 0 aliphatic heterocycles. The highest BCUT2D eigenvalue weighted by Gasteiger charge is 2.38. The van der Waals surface area contributed by atoms with E-state index in [1.807, 2.05) is 0 Å². The maximum atomic E-state index is 5.49. The van der Waals surface area contributed by atoms with Gasteiger partial charge in [-0.05, 0) is 18.1 Å². The summed E-state index contributed by atoms with van der Waals surface area (Å²) in [5.74, 6) is 0. The number of rotatable bonds is 1. The molecule has 0 spiro atoms. The van der Waals surface area contributed by atoms with Crippen molar-refractivity contribution in [2.75, 3.05) is 7.11 Å². The number of hydrogen-bond acceptors (Lipinski definition) is 2. The second kappa shape index (κ2) is 3.86. The molecule has 0 saturated carbocycles. The molecule has 0 unspecified atom stereocenters. The minimum absolute atomic E-state index is 0.204. The smallest absolute Gasteiger partial charge is 0.264 e. The summed E-state index contributed by atoms with van der Waals surface area (Å²) in [5, 5.41) is 0.204. The quantitative estimate of drug-likeness (QED) is 0.463. The van der Waals surface area contributed by atoms with Gasteiger partial charge in [0.2, 0.25) is 0 Å². The summed E-state index contributed by atoms with van der Waals surface area (Å²) in [6, 6.07) is 0. The molecule has 0 aromatic heterocycles. The van der Waals surface area contributed by atoms with Gasteiger partial charge in [0.05, 0.1) is 7.11 Å². The van der Waals surface area contributed by atoms with Gasteiger partial charge in [-0.1, -0.05) is 20.8 Å². The van der Waals surface area contributed by atoms with Gasteiger partial charge in [-0.25, -0.2) is 0 Å². The zero-order valence-electron chi connectivity index (χ0n) is 8.82. The van der Waals surface area contributed by atoms with Gasteiger partial charge in [0.1, 0.15) is 6.11 Å². The molecule has 0 saturated heterocycles. The van der Waals surface area contributed by atoms with Crippen molar-refractivity contribution in [3.8, 4) is 12.2 Å². The van der Waals surface area contributed by atoms with Gasteiger partial charge in [-0.15, -0.1) is 0 Å². The van der Waals surface area contributed by atoms with E-state index in [4.69, 9.17) is 4.43 Å². The van der Waals surface area contributed by atoms with Crippen LogP contribution in [0.2, 0.25) is 18.1 Å². The Kier molecular flexibility index (Phi) is 3.66. The molecule has 3 heteroatoms. The molecule has 0 fully saturated rings. The molecule has 70 valence electrons. The van der Waals surface area contributed by atoms with Crippen LogP contribution in [-0.2, 0) is 9.16 Å². The minimum Gasteiger partial charge on any atom is -0.498 e. The van der Waals surface area contributed by atoms with Gasteiger partial charge in [0.15, 0.2) is 6.11 Å². The number of ether oxygens (including phenoxy) is 1. The van der Waals surface area contributed by atoms with E-state index < -0.39 is 8.32 Å². The first-order valence-electron chi connectivity index (χ1n) is 4.02. The van der Waals surface area contributed by atoms with Crippen LogP contribution in [0, 0.1) is 12.2 Å². The predicted octanol–water partition coefficient (Wildman–Crippen LogP) is 2.57. The summed E-state index contributed by atoms with van der Waals surface area (Å²) in [6.45, 7) is 10.8. The maximum absolute atomic E-state index is 5.49. The third kappa shape index (κ3) is 3.18. The Labute approximate surface area is 76.4 Å². The Morgan fingerprint density at radius 2 is 1.58 bits per heavy atom. The lowest BCUT2D eigenvalue weighted by molar-refractivity contribution is 0.360. The monoisotopic (exact) mass is 186 g/mol. The largest absolute Gasteiger partial charge is 0.498 e. The highest BCUT2D eigenvalue weighted by atomic mass is 28.4. The molecule has 2 nitrogen and oxygen atoms in total. The topological polar surface area (TPSA) is 18.5 Å². The van der Waals surface area contributed by atoms with E-state index in [-0.39, 0.29) is 5.04 Å². The summed E-state index contributed by atoms with van der Waals surface area (Å²) >= 11 is 0. The molecular formula is C9H18O2Si. The van der Waals surface area contributed by atoms with Crippen LogP contribution in [-0.4, -0.2) is 15.4 Å². The lowest BCUT2D eigenvalue weighted by Crippen LogP contribution is -2.39. The molecule has 0 aliphatic rings. The van der Waals surface area contributed by atoms with Crippen LogP contribution < -0.4 is 0 Å². The molecule has 0 bridgehead atoms. The van der Waals surface area contributed by atoms with Gasteiger partial charge in [0, 0.05) is 0 Å². The molecule has 0 heterocycles. The van der Waals surface area contributed by atoms with Crippen molar-refractivity contribution < 1.29 is 9.16 Å². The molecule has 0 aromatic rings. The molecule has 0 rings (SSSR count). The fourth-order valence-corrected chi connectivity index (χ4v) is 0.946. The van der Waals surface area contributed by atoms with Gasteiger partial charge < -0.3 is 9.16 Å². The van der Waals surface area contributed by atoms with Crippen LogP contribution in [0.15, 0.2) is 0 Å². The Morgan fingerprint density at radius 1 is 1.08 bits per heavy atom. The van der Waals surface area contributed by atoms with Gasteiger partial charge in [0.25, 0.3) is 8.32 Å². The van der Waals surface area contributed by atoms with Crippen molar-refractivity contribution in [3.05, 3.63) is 0 Å². The van der Waals surface area contributed by atoms with Crippen molar-refractivity contribution in [2.45, 2.75) is 38.9 Å². The minimum atomic E-state index is -1.70. The molecule has 12 heavy (non-hydrogen) atoms. The Hall–Kier alpha value is -0.623. The van der Waals surface area contributed by atoms with Crippen LogP contribution in [0.1, 0.15) is 20.8 Å². The molecule has 0 aromatic carbocycles. The van der Waals surface area contributed by atoms with E-state index >= 15 is 0 Å². The van der Waals surface area contributed by atoms with E-state index in [2.05, 4.69) is 50.8 Å². The second-order valence-electron chi connectivity index (χ2n) is 4.27. The van der Waals surface area contributed by atoms with E-state index in [1.165, 1.54) is 7.11 Å². The zero-order valence-corrected chi connectivity index (χ0v) is 9.82. The van der Waals surface area contributed by atoms with Crippen LogP contribution in [0.25, 0.3) is 0 Å². The van der Waals surface area contributed by atoms with Crippen molar-refractivity contribution in [1.29, 1.82) is 0 Å². The SMILES string of the molecule is COC#CO[Si](C)(C)C(C)(C)C. The molecule has 0 amide bonds. The van der Waals surface area contributed by atoms with Crippen LogP contribution in [0.4, 0.5) is 0 Å². The first-order chi connectivity index (χ1) is 5.31. The Balaban J connectivity index is 4.23. The summed E-state index contributed by atoms with van der Waals surface area (Å²) in [6.07, 6.45) is 5.01. The van der Waals surface area contributed by atoms with Crippen LogP contribution in [0.5, 0.6) is 0 Å². The summed E-state index contributed by atoms with van der Waals surface area (Å²) < 4.78 is 10.1. The lowest BCUT2D eigenvalue weighted by atomic mass is 10.2. The zero-order chi connectivity index (χ0) is 9.83. The number of hydrogen-bond donors (Lipinski definition) is 0. The van der Waals surface area contributed by atoms with Crippen molar-refractivity contribution in [1.82, 2.24) is 0 Å². The third-order valence-electron chi connectivity index (χ3n) is 2.26. The fraction of sp³-hybridized carbons (Fsp3) is 0.778. The Morgan fingerprint density at radius 3 is 1.92 bits per heavy atom. The molecule has 0 aliphatic carbocycles. The number of methoxy groups -OCH3 is 1. The first-order valence-corrected chi connectivity index (χ1v) is 6.93. The predicted molar refractivity (Wildman–Crippen MR) is 53.1 cm³/mol. The first kappa shape index (κ1) is 11.4. The highest BCUT2D eigenvalue weighted by Crippen LogP contribution is 2.36.